The molecule has 0 unspecified atom stereocenters. The Kier molecular flexibility index (Phi) is 19.4. The summed E-state index contributed by atoms with van der Waals surface area (Å²) in [6.07, 6.45) is 25.7. The normalized spacial score (nSPS) is 19.0. The monoisotopic (exact) mass is 494 g/mol. The molecule has 2 saturated heterocycles. The van der Waals surface area contributed by atoms with E-state index in [0.29, 0.717) is 12.2 Å². The third-order valence-electron chi connectivity index (χ3n) is 8.26. The highest BCUT2D eigenvalue weighted by Crippen LogP contribution is 2.22. The van der Waals surface area contributed by atoms with E-state index in [1.54, 1.807) is 0 Å². The molecule has 0 aromatic carbocycles. The van der Waals surface area contributed by atoms with Crippen LogP contribution in [0.3, 0.4) is 0 Å². The molecule has 0 amide bonds. The first-order chi connectivity index (χ1) is 17.3. The van der Waals surface area contributed by atoms with E-state index in [1.807, 2.05) is 0 Å². The van der Waals surface area contributed by atoms with Crippen molar-refractivity contribution >= 4 is 0 Å². The molecular weight excluding hydrogens is 432 g/mol. The fourth-order valence-corrected chi connectivity index (χ4v) is 5.85. The van der Waals surface area contributed by atoms with E-state index in [4.69, 9.17) is 4.74 Å². The van der Waals surface area contributed by atoms with Crippen molar-refractivity contribution in [2.24, 2.45) is 0 Å². The van der Waals surface area contributed by atoms with Gasteiger partial charge in [-0.25, -0.2) is 0 Å². The highest BCUT2D eigenvalue weighted by Gasteiger charge is 2.25. The number of nitrogens with one attached hydrogen (secondary N) is 2. The summed E-state index contributed by atoms with van der Waals surface area (Å²) in [5.41, 5.74) is 0. The highest BCUT2D eigenvalue weighted by molar-refractivity contribution is 4.77. The molecule has 2 heterocycles. The summed E-state index contributed by atoms with van der Waals surface area (Å²) in [4.78, 5) is 5.38. The highest BCUT2D eigenvalue weighted by atomic mass is 16.5. The van der Waals surface area contributed by atoms with Crippen LogP contribution in [0, 0.1) is 0 Å². The third-order valence-corrected chi connectivity index (χ3v) is 8.26. The molecule has 0 aliphatic carbocycles. The second kappa shape index (κ2) is 21.8. The molecule has 0 saturated carbocycles. The molecule has 0 radical (unpaired) electrons. The molecule has 2 aliphatic heterocycles. The minimum atomic E-state index is 0.522. The van der Waals surface area contributed by atoms with Gasteiger partial charge in [0.1, 0.15) is 0 Å². The number of nitrogens with zero attached hydrogens (tertiary/aromatic N) is 2. The van der Waals surface area contributed by atoms with Crippen LogP contribution < -0.4 is 10.6 Å². The first-order valence-electron chi connectivity index (χ1n) is 15.7. The molecule has 2 N–H and O–H groups in total. The van der Waals surface area contributed by atoms with E-state index in [-0.39, 0.29) is 0 Å². The lowest BCUT2D eigenvalue weighted by Gasteiger charge is -2.37. The summed E-state index contributed by atoms with van der Waals surface area (Å²) < 4.78 is 6.56. The van der Waals surface area contributed by atoms with E-state index in [0.717, 1.165) is 0 Å². The van der Waals surface area contributed by atoms with E-state index in [2.05, 4.69) is 34.5 Å². The number of hydrogen-bond acceptors (Lipinski definition) is 5. The summed E-state index contributed by atoms with van der Waals surface area (Å²) in [6.45, 7) is 9.98. The molecule has 208 valence electrons. The molecule has 0 spiro atoms. The van der Waals surface area contributed by atoms with Crippen LogP contribution in [-0.4, -0.2) is 88.5 Å². The van der Waals surface area contributed by atoms with E-state index in [9.17, 15) is 0 Å². The number of likely N-dealkylation sites (tertiary alicyclic amines) is 2. The van der Waals surface area contributed by atoms with Crippen molar-refractivity contribution in [2.45, 2.75) is 128 Å². The number of ether oxygens (including phenoxy) is 1. The van der Waals surface area contributed by atoms with Crippen LogP contribution in [0.2, 0.25) is 0 Å². The second-order valence-corrected chi connectivity index (χ2v) is 11.4. The molecule has 0 aromatic rings. The van der Waals surface area contributed by atoms with Crippen LogP contribution in [0.1, 0.15) is 116 Å². The third kappa shape index (κ3) is 16.3. The number of piperidine rings is 2. The van der Waals surface area contributed by atoms with Crippen molar-refractivity contribution in [3.8, 4) is 0 Å². The standard InChI is InChI=1S/C30H62N4O/c1-31-21-13-9-5-3-7-11-15-23-33-25-17-29(18-26-33)35-30-19-27-34(28-20-30)24-16-12-8-4-6-10-14-22-32-2/h29-32H,3-28H2,1-2H3. The maximum absolute atomic E-state index is 6.56. The lowest BCUT2D eigenvalue weighted by molar-refractivity contribution is -0.0650. The Balaban J connectivity index is 1.37. The Morgan fingerprint density at radius 2 is 0.800 bits per heavy atom. The van der Waals surface area contributed by atoms with Crippen molar-refractivity contribution in [3.05, 3.63) is 0 Å². The van der Waals surface area contributed by atoms with Crippen molar-refractivity contribution < 1.29 is 4.74 Å². The molecule has 35 heavy (non-hydrogen) atoms. The Morgan fingerprint density at radius 1 is 0.486 bits per heavy atom. The van der Waals surface area contributed by atoms with E-state index >= 15 is 0 Å². The lowest BCUT2D eigenvalue weighted by atomic mass is 10.0. The van der Waals surface area contributed by atoms with Gasteiger partial charge in [0.15, 0.2) is 0 Å². The Bertz CT molecular complexity index is 408. The topological polar surface area (TPSA) is 39.8 Å². The minimum Gasteiger partial charge on any atom is -0.375 e. The van der Waals surface area contributed by atoms with Crippen LogP contribution in [-0.2, 0) is 4.74 Å². The summed E-state index contributed by atoms with van der Waals surface area (Å²) >= 11 is 0. The first-order valence-corrected chi connectivity index (χ1v) is 15.7. The zero-order valence-corrected chi connectivity index (χ0v) is 23.8. The van der Waals surface area contributed by atoms with Crippen molar-refractivity contribution in [2.75, 3.05) is 66.5 Å². The number of hydrogen-bond donors (Lipinski definition) is 2. The summed E-state index contributed by atoms with van der Waals surface area (Å²) in [5, 5.41) is 6.48. The predicted octanol–water partition coefficient (Wildman–Crippen LogP) is 5.83. The summed E-state index contributed by atoms with van der Waals surface area (Å²) in [7, 11) is 4.10. The molecule has 5 nitrogen and oxygen atoms in total. The number of unbranched alkanes of at least 4 members (excludes halogenated alkanes) is 12. The van der Waals surface area contributed by atoms with Crippen molar-refractivity contribution in [1.29, 1.82) is 0 Å². The van der Waals surface area contributed by atoms with Gasteiger partial charge in [0.2, 0.25) is 0 Å². The predicted molar refractivity (Wildman–Crippen MR) is 153 cm³/mol. The van der Waals surface area contributed by atoms with Gasteiger partial charge < -0.3 is 25.2 Å². The van der Waals surface area contributed by atoms with Gasteiger partial charge in [0.25, 0.3) is 0 Å². The average Bonchev–Trinajstić information content (AvgIpc) is 2.88. The molecular formula is C30H62N4O. The summed E-state index contributed by atoms with van der Waals surface area (Å²) in [5.74, 6) is 0. The Morgan fingerprint density at radius 3 is 1.14 bits per heavy atom. The zero-order chi connectivity index (χ0) is 24.8. The van der Waals surface area contributed by atoms with Gasteiger partial charge in [-0.1, -0.05) is 64.2 Å². The second-order valence-electron chi connectivity index (χ2n) is 11.4. The Labute approximate surface area is 219 Å². The van der Waals surface area contributed by atoms with Gasteiger partial charge in [-0.3, -0.25) is 0 Å². The molecule has 5 heteroatoms. The maximum Gasteiger partial charge on any atom is 0.0603 e. The maximum atomic E-state index is 6.56. The van der Waals surface area contributed by atoms with Crippen molar-refractivity contribution in [1.82, 2.24) is 20.4 Å². The summed E-state index contributed by atoms with van der Waals surface area (Å²) in [6, 6.07) is 0. The van der Waals surface area contributed by atoms with E-state index in [1.165, 1.54) is 168 Å². The molecule has 0 atom stereocenters. The average molecular weight is 495 g/mol. The van der Waals surface area contributed by atoms with Crippen LogP contribution in [0.25, 0.3) is 0 Å². The fraction of sp³-hybridized carbons (Fsp3) is 1.00. The van der Waals surface area contributed by atoms with E-state index < -0.39 is 0 Å². The molecule has 2 fully saturated rings. The van der Waals surface area contributed by atoms with Crippen LogP contribution >= 0.6 is 0 Å². The van der Waals surface area contributed by atoms with Gasteiger partial charge in [0, 0.05) is 26.2 Å². The van der Waals surface area contributed by atoms with Gasteiger partial charge in [-0.15, -0.1) is 0 Å². The lowest BCUT2D eigenvalue weighted by Crippen LogP contribution is -2.42. The number of rotatable bonds is 22. The Hall–Kier alpha value is -0.200. The van der Waals surface area contributed by atoms with Gasteiger partial charge in [-0.2, -0.15) is 0 Å². The molecule has 0 bridgehead atoms. The fourth-order valence-electron chi connectivity index (χ4n) is 5.85. The van der Waals surface area contributed by atoms with Crippen molar-refractivity contribution in [3.63, 3.8) is 0 Å². The largest absolute Gasteiger partial charge is 0.375 e. The SMILES string of the molecule is CNCCCCCCCCCN1CCC(OC2CCN(CCCCCCCCCNC)CC2)CC1. The molecule has 0 aromatic heterocycles. The van der Waals surface area contributed by atoms with Gasteiger partial charge in [0.05, 0.1) is 12.2 Å². The van der Waals surface area contributed by atoms with Gasteiger partial charge >= 0.3 is 0 Å². The van der Waals surface area contributed by atoms with Gasteiger partial charge in [-0.05, 0) is 91.6 Å². The molecule has 2 aliphatic rings. The first kappa shape index (κ1) is 31.0. The van der Waals surface area contributed by atoms with Crippen LogP contribution in [0.15, 0.2) is 0 Å². The molecule has 2 rings (SSSR count). The quantitative estimate of drug-likeness (QED) is 0.185. The smallest absolute Gasteiger partial charge is 0.0603 e. The zero-order valence-electron chi connectivity index (χ0n) is 23.8. The van der Waals surface area contributed by atoms with Crippen LogP contribution in [0.4, 0.5) is 0 Å². The van der Waals surface area contributed by atoms with Crippen LogP contribution in [0.5, 0.6) is 0 Å². The minimum absolute atomic E-state index is 0.522.